The highest BCUT2D eigenvalue weighted by atomic mass is 32.2. The van der Waals surface area contributed by atoms with Gasteiger partial charge in [0.2, 0.25) is 10.0 Å². The Labute approximate surface area is 114 Å². The van der Waals surface area contributed by atoms with Gasteiger partial charge < -0.3 is 0 Å². The number of anilines is 1. The fourth-order valence-electron chi connectivity index (χ4n) is 3.68. The van der Waals surface area contributed by atoms with E-state index in [1.54, 1.807) is 31.0 Å². The van der Waals surface area contributed by atoms with Gasteiger partial charge in [-0.2, -0.15) is 5.10 Å². The first-order valence-corrected chi connectivity index (χ1v) is 8.53. The number of rotatable bonds is 4. The lowest BCUT2D eigenvalue weighted by atomic mass is 9.90. The molecule has 19 heavy (non-hydrogen) atoms. The first kappa shape index (κ1) is 13.0. The summed E-state index contributed by atoms with van der Waals surface area (Å²) in [6.45, 7) is 0. The van der Waals surface area contributed by atoms with Crippen molar-refractivity contribution in [2.24, 2.45) is 24.8 Å². The van der Waals surface area contributed by atoms with Crippen LogP contribution >= 0.6 is 0 Å². The van der Waals surface area contributed by atoms with Crippen LogP contribution < -0.4 is 4.31 Å². The van der Waals surface area contributed by atoms with E-state index in [4.69, 9.17) is 0 Å². The minimum Gasteiger partial charge on any atom is -0.274 e. The summed E-state index contributed by atoms with van der Waals surface area (Å²) in [6.07, 6.45) is 6.63. The number of aryl methyl sites for hydroxylation is 1. The van der Waals surface area contributed by atoms with Crippen LogP contribution in [0, 0.1) is 17.8 Å². The highest BCUT2D eigenvalue weighted by molar-refractivity contribution is 7.92. The van der Waals surface area contributed by atoms with Crippen molar-refractivity contribution >= 4 is 15.8 Å². The van der Waals surface area contributed by atoms with Crippen molar-refractivity contribution in [2.45, 2.75) is 25.7 Å². The molecule has 3 rings (SSSR count). The molecule has 0 amide bonds. The molecule has 0 saturated heterocycles. The number of fused-ring (bicyclic) bond motifs is 2. The van der Waals surface area contributed by atoms with Gasteiger partial charge in [-0.25, -0.2) is 8.42 Å². The van der Waals surface area contributed by atoms with Gasteiger partial charge in [-0.1, -0.05) is 6.42 Å². The molecule has 3 atom stereocenters. The molecular weight excluding hydrogens is 262 g/mol. The second-order valence-electron chi connectivity index (χ2n) is 6.03. The average molecular weight is 283 g/mol. The lowest BCUT2D eigenvalue weighted by Crippen LogP contribution is -2.33. The zero-order valence-corrected chi connectivity index (χ0v) is 12.3. The molecule has 2 saturated carbocycles. The van der Waals surface area contributed by atoms with E-state index in [1.165, 1.54) is 23.6 Å². The van der Waals surface area contributed by atoms with E-state index in [0.29, 0.717) is 17.7 Å². The topological polar surface area (TPSA) is 55.2 Å². The second kappa shape index (κ2) is 4.51. The van der Waals surface area contributed by atoms with Crippen LogP contribution in [0.15, 0.2) is 12.3 Å². The third-order valence-electron chi connectivity index (χ3n) is 4.75. The van der Waals surface area contributed by atoms with Crippen LogP contribution in [0.5, 0.6) is 0 Å². The molecule has 0 spiro atoms. The van der Waals surface area contributed by atoms with Gasteiger partial charge in [0, 0.05) is 26.4 Å². The molecular formula is C13H21N3O2S. The van der Waals surface area contributed by atoms with E-state index < -0.39 is 10.0 Å². The Hall–Kier alpha value is -1.04. The predicted molar refractivity (Wildman–Crippen MR) is 74.3 cm³/mol. The molecule has 106 valence electrons. The normalized spacial score (nSPS) is 29.9. The number of hydrogen-bond acceptors (Lipinski definition) is 3. The Morgan fingerprint density at radius 2 is 2.21 bits per heavy atom. The summed E-state index contributed by atoms with van der Waals surface area (Å²) < 4.78 is 27.9. The highest BCUT2D eigenvalue weighted by Crippen LogP contribution is 2.48. The van der Waals surface area contributed by atoms with Crippen molar-refractivity contribution in [3.63, 3.8) is 0 Å². The minimum atomic E-state index is -3.25. The lowest BCUT2D eigenvalue weighted by Gasteiger charge is -2.24. The van der Waals surface area contributed by atoms with Crippen LogP contribution in [0.3, 0.4) is 0 Å². The Bertz CT molecular complexity index is 566. The molecule has 2 bridgehead atoms. The second-order valence-corrected chi connectivity index (χ2v) is 8.07. The number of hydrogen-bond donors (Lipinski definition) is 0. The van der Waals surface area contributed by atoms with Crippen LogP contribution in [-0.4, -0.2) is 31.0 Å². The zero-order valence-electron chi connectivity index (χ0n) is 11.5. The maximum atomic E-state index is 12.4. The Morgan fingerprint density at radius 1 is 1.42 bits per heavy atom. The van der Waals surface area contributed by atoms with Crippen LogP contribution in [0.4, 0.5) is 5.82 Å². The van der Waals surface area contributed by atoms with Gasteiger partial charge in [0.1, 0.15) is 0 Å². The first-order valence-electron chi connectivity index (χ1n) is 6.92. The molecule has 1 aromatic heterocycles. The standard InChI is InChI=1S/C13H21N3O2S/c1-15-6-5-13(14-15)16(2)19(17,18)9-12-8-10-3-4-11(12)7-10/h5-6,10-12H,3-4,7-9H2,1-2H3. The van der Waals surface area contributed by atoms with E-state index in [0.717, 1.165) is 12.3 Å². The largest absolute Gasteiger partial charge is 0.274 e. The molecule has 5 nitrogen and oxygen atoms in total. The maximum Gasteiger partial charge on any atom is 0.236 e. The third kappa shape index (κ3) is 2.38. The van der Waals surface area contributed by atoms with E-state index >= 15 is 0 Å². The molecule has 2 fully saturated rings. The molecule has 0 N–H and O–H groups in total. The summed E-state index contributed by atoms with van der Waals surface area (Å²) in [6, 6.07) is 1.73. The minimum absolute atomic E-state index is 0.279. The summed E-state index contributed by atoms with van der Waals surface area (Å²) in [5.41, 5.74) is 0. The number of sulfonamides is 1. The van der Waals surface area contributed by atoms with Crippen LogP contribution in [0.2, 0.25) is 0 Å². The van der Waals surface area contributed by atoms with Gasteiger partial charge in [0.15, 0.2) is 5.82 Å². The van der Waals surface area contributed by atoms with Crippen molar-refractivity contribution < 1.29 is 8.42 Å². The predicted octanol–water partition coefficient (Wildman–Crippen LogP) is 1.62. The molecule has 3 unspecified atom stereocenters. The zero-order chi connectivity index (χ0) is 13.6. The van der Waals surface area contributed by atoms with Crippen LogP contribution in [0.25, 0.3) is 0 Å². The van der Waals surface area contributed by atoms with Gasteiger partial charge in [-0.3, -0.25) is 8.99 Å². The molecule has 2 aliphatic rings. The van der Waals surface area contributed by atoms with Gasteiger partial charge in [-0.15, -0.1) is 0 Å². The lowest BCUT2D eigenvalue weighted by molar-refractivity contribution is 0.360. The molecule has 1 aromatic rings. The number of aromatic nitrogens is 2. The van der Waals surface area contributed by atoms with E-state index in [2.05, 4.69) is 5.10 Å². The fourth-order valence-corrected chi connectivity index (χ4v) is 5.23. The molecule has 0 radical (unpaired) electrons. The van der Waals surface area contributed by atoms with Crippen molar-refractivity contribution in [3.05, 3.63) is 12.3 Å². The summed E-state index contributed by atoms with van der Waals surface area (Å²) >= 11 is 0. The molecule has 2 aliphatic carbocycles. The van der Waals surface area contributed by atoms with Crippen molar-refractivity contribution in [1.29, 1.82) is 0 Å². The Balaban J connectivity index is 1.72. The van der Waals surface area contributed by atoms with Crippen LogP contribution in [-0.2, 0) is 17.1 Å². The summed E-state index contributed by atoms with van der Waals surface area (Å²) in [7, 11) is 0.145. The smallest absolute Gasteiger partial charge is 0.236 e. The Morgan fingerprint density at radius 3 is 2.74 bits per heavy atom. The van der Waals surface area contributed by atoms with Crippen molar-refractivity contribution in [3.8, 4) is 0 Å². The summed E-state index contributed by atoms with van der Waals surface area (Å²) in [5.74, 6) is 2.56. The molecule has 1 heterocycles. The van der Waals surface area contributed by atoms with Gasteiger partial charge in [0.05, 0.1) is 5.75 Å². The van der Waals surface area contributed by atoms with E-state index in [-0.39, 0.29) is 5.75 Å². The maximum absolute atomic E-state index is 12.4. The van der Waals surface area contributed by atoms with Gasteiger partial charge >= 0.3 is 0 Å². The fraction of sp³-hybridized carbons (Fsp3) is 0.769. The molecule has 0 aliphatic heterocycles. The monoisotopic (exact) mass is 283 g/mol. The SMILES string of the molecule is CN(c1ccn(C)n1)S(=O)(=O)CC1CC2CCC1C2. The van der Waals surface area contributed by atoms with Crippen molar-refractivity contribution in [1.82, 2.24) is 9.78 Å². The number of nitrogens with zero attached hydrogens (tertiary/aromatic N) is 3. The highest BCUT2D eigenvalue weighted by Gasteiger charge is 2.42. The summed E-state index contributed by atoms with van der Waals surface area (Å²) in [4.78, 5) is 0. The first-order chi connectivity index (χ1) is 8.95. The average Bonchev–Trinajstić information content (AvgIpc) is 3.03. The van der Waals surface area contributed by atoms with E-state index in [1.807, 2.05) is 0 Å². The van der Waals surface area contributed by atoms with Crippen LogP contribution in [0.1, 0.15) is 25.7 Å². The molecule has 0 aromatic carbocycles. The summed E-state index contributed by atoms with van der Waals surface area (Å²) in [5, 5.41) is 4.16. The third-order valence-corrected chi connectivity index (χ3v) is 6.62. The Kier molecular flexibility index (Phi) is 3.08. The van der Waals surface area contributed by atoms with E-state index in [9.17, 15) is 8.42 Å². The quantitative estimate of drug-likeness (QED) is 0.844. The van der Waals surface area contributed by atoms with Gasteiger partial charge in [0.25, 0.3) is 0 Å². The van der Waals surface area contributed by atoms with Gasteiger partial charge in [-0.05, 0) is 37.0 Å². The van der Waals surface area contributed by atoms with Crippen molar-refractivity contribution in [2.75, 3.05) is 17.1 Å². The molecule has 6 heteroatoms.